The smallest absolute Gasteiger partial charge is 0.408 e. The van der Waals surface area contributed by atoms with E-state index in [-0.39, 0.29) is 5.76 Å². The Morgan fingerprint density at radius 1 is 1.36 bits per heavy atom. The van der Waals surface area contributed by atoms with Gasteiger partial charge in [0.05, 0.1) is 12.1 Å². The molecule has 1 aliphatic heterocycles. The van der Waals surface area contributed by atoms with Crippen molar-refractivity contribution in [1.82, 2.24) is 24.6 Å². The van der Waals surface area contributed by atoms with E-state index in [1.165, 1.54) is 0 Å². The summed E-state index contributed by atoms with van der Waals surface area (Å²) < 4.78 is 9.01. The molecule has 0 fully saturated rings. The zero-order valence-electron chi connectivity index (χ0n) is 14.4. The Hall–Kier alpha value is -2.41. The number of benzene rings is 1. The molecule has 4 rings (SSSR count). The Balaban J connectivity index is 1.31. The Labute approximate surface area is 145 Å². The van der Waals surface area contributed by atoms with Gasteiger partial charge in [-0.3, -0.25) is 4.57 Å². The summed E-state index contributed by atoms with van der Waals surface area (Å²) in [5.74, 6) is 1.76. The van der Waals surface area contributed by atoms with Crippen LogP contribution in [0.2, 0.25) is 0 Å². The van der Waals surface area contributed by atoms with Crippen LogP contribution in [0.15, 0.2) is 33.5 Å². The average molecular weight is 341 g/mol. The van der Waals surface area contributed by atoms with E-state index in [0.29, 0.717) is 18.2 Å². The van der Waals surface area contributed by atoms with Crippen LogP contribution in [0.3, 0.4) is 0 Å². The van der Waals surface area contributed by atoms with Gasteiger partial charge in [0.25, 0.3) is 0 Å². The van der Waals surface area contributed by atoms with Crippen LogP contribution in [0.5, 0.6) is 0 Å². The van der Waals surface area contributed by atoms with Gasteiger partial charge in [-0.15, -0.1) is 0 Å². The first-order chi connectivity index (χ1) is 12.2. The molecule has 1 atom stereocenters. The fraction of sp³-hybridized carbons (Fsp3) is 0.500. The molecule has 7 nitrogen and oxygen atoms in total. The van der Waals surface area contributed by atoms with Gasteiger partial charge in [0.2, 0.25) is 0 Å². The number of nitrogens with zero attached hydrogens (tertiary/aromatic N) is 4. The molecule has 132 valence electrons. The van der Waals surface area contributed by atoms with E-state index in [4.69, 9.17) is 4.42 Å². The summed E-state index contributed by atoms with van der Waals surface area (Å²) in [6.45, 7) is 4.47. The molecule has 1 aromatic carbocycles. The normalized spacial score (nSPS) is 17.1. The molecule has 0 bridgehead atoms. The SMILES string of the molecule is CCc1nc2n(n1)CC(NCCCn1c(=O)oc3ccccc31)CC2. The van der Waals surface area contributed by atoms with Gasteiger partial charge < -0.3 is 9.73 Å². The van der Waals surface area contributed by atoms with Crippen molar-refractivity contribution in [2.75, 3.05) is 6.54 Å². The van der Waals surface area contributed by atoms with Crippen LogP contribution >= 0.6 is 0 Å². The van der Waals surface area contributed by atoms with Crippen LogP contribution in [0.1, 0.15) is 31.4 Å². The summed E-state index contributed by atoms with van der Waals surface area (Å²) in [7, 11) is 0. The second kappa shape index (κ2) is 6.84. The maximum absolute atomic E-state index is 12.0. The molecule has 0 amide bonds. The number of rotatable bonds is 6. The van der Waals surface area contributed by atoms with Crippen molar-refractivity contribution >= 4 is 11.1 Å². The fourth-order valence-corrected chi connectivity index (χ4v) is 3.45. The molecule has 0 saturated carbocycles. The van der Waals surface area contributed by atoms with Gasteiger partial charge in [-0.05, 0) is 31.5 Å². The van der Waals surface area contributed by atoms with Crippen LogP contribution in [-0.4, -0.2) is 31.9 Å². The number of hydrogen-bond acceptors (Lipinski definition) is 5. The van der Waals surface area contributed by atoms with Gasteiger partial charge in [-0.1, -0.05) is 19.1 Å². The number of nitrogens with one attached hydrogen (secondary N) is 1. The number of para-hydroxylation sites is 2. The lowest BCUT2D eigenvalue weighted by Crippen LogP contribution is -2.38. The standard InChI is InChI=1S/C18H23N5O2/c1-2-16-20-17-9-8-13(12-23(17)21-16)19-10-5-11-22-14-6-3-4-7-15(14)25-18(22)24/h3-4,6-7,13,19H,2,5,8-12H2,1H3. The van der Waals surface area contributed by atoms with Crippen molar-refractivity contribution in [2.24, 2.45) is 0 Å². The summed E-state index contributed by atoms with van der Waals surface area (Å²) in [6.07, 6.45) is 3.81. The number of aromatic nitrogens is 4. The highest BCUT2D eigenvalue weighted by Gasteiger charge is 2.20. The molecule has 7 heteroatoms. The van der Waals surface area contributed by atoms with Crippen molar-refractivity contribution in [3.05, 3.63) is 46.5 Å². The van der Waals surface area contributed by atoms with Crippen LogP contribution in [0.4, 0.5) is 0 Å². The fourth-order valence-electron chi connectivity index (χ4n) is 3.45. The third-order valence-electron chi connectivity index (χ3n) is 4.78. The van der Waals surface area contributed by atoms with Crippen molar-refractivity contribution in [3.63, 3.8) is 0 Å². The summed E-state index contributed by atoms with van der Waals surface area (Å²) in [6, 6.07) is 7.97. The van der Waals surface area contributed by atoms with Gasteiger partial charge in [0, 0.05) is 25.4 Å². The van der Waals surface area contributed by atoms with Gasteiger partial charge in [-0.25, -0.2) is 14.5 Å². The second-order valence-electron chi connectivity index (χ2n) is 6.51. The first-order valence-electron chi connectivity index (χ1n) is 8.99. The molecular formula is C18H23N5O2. The Morgan fingerprint density at radius 2 is 2.24 bits per heavy atom. The minimum absolute atomic E-state index is 0.279. The molecule has 0 spiro atoms. The number of hydrogen-bond donors (Lipinski definition) is 1. The lowest BCUT2D eigenvalue weighted by Gasteiger charge is -2.23. The second-order valence-corrected chi connectivity index (χ2v) is 6.51. The zero-order chi connectivity index (χ0) is 17.2. The molecular weight excluding hydrogens is 318 g/mol. The predicted octanol–water partition coefficient (Wildman–Crippen LogP) is 1.74. The minimum atomic E-state index is -0.279. The summed E-state index contributed by atoms with van der Waals surface area (Å²) in [5.41, 5.74) is 1.52. The zero-order valence-corrected chi connectivity index (χ0v) is 14.4. The first kappa shape index (κ1) is 16.1. The van der Waals surface area contributed by atoms with Crippen LogP contribution < -0.4 is 11.1 Å². The molecule has 0 saturated heterocycles. The van der Waals surface area contributed by atoms with Crippen LogP contribution in [0.25, 0.3) is 11.1 Å². The maximum Gasteiger partial charge on any atom is 0.419 e. The van der Waals surface area contributed by atoms with E-state index in [1.807, 2.05) is 28.9 Å². The lowest BCUT2D eigenvalue weighted by atomic mass is 10.1. The quantitative estimate of drug-likeness (QED) is 0.691. The lowest BCUT2D eigenvalue weighted by molar-refractivity contribution is 0.354. The molecule has 25 heavy (non-hydrogen) atoms. The molecule has 3 heterocycles. The monoisotopic (exact) mass is 341 g/mol. The van der Waals surface area contributed by atoms with Crippen molar-refractivity contribution < 1.29 is 4.42 Å². The highest BCUT2D eigenvalue weighted by molar-refractivity contribution is 5.72. The van der Waals surface area contributed by atoms with Gasteiger partial charge in [0.15, 0.2) is 11.4 Å². The van der Waals surface area contributed by atoms with Crippen molar-refractivity contribution in [1.29, 1.82) is 0 Å². The minimum Gasteiger partial charge on any atom is -0.408 e. The summed E-state index contributed by atoms with van der Waals surface area (Å²) in [5, 5.41) is 8.13. The molecule has 1 N–H and O–H groups in total. The predicted molar refractivity (Wildman–Crippen MR) is 94.6 cm³/mol. The highest BCUT2D eigenvalue weighted by Crippen LogP contribution is 2.14. The molecule has 0 aliphatic carbocycles. The van der Waals surface area contributed by atoms with Crippen molar-refractivity contribution in [2.45, 2.75) is 51.7 Å². The van der Waals surface area contributed by atoms with E-state index in [1.54, 1.807) is 4.57 Å². The Kier molecular flexibility index (Phi) is 4.40. The van der Waals surface area contributed by atoms with Crippen LogP contribution in [0, 0.1) is 0 Å². The van der Waals surface area contributed by atoms with E-state index in [2.05, 4.69) is 22.3 Å². The van der Waals surface area contributed by atoms with Crippen molar-refractivity contribution in [3.8, 4) is 0 Å². The molecule has 2 aromatic heterocycles. The van der Waals surface area contributed by atoms with E-state index >= 15 is 0 Å². The van der Waals surface area contributed by atoms with Crippen LogP contribution in [-0.2, 0) is 25.9 Å². The topological polar surface area (TPSA) is 77.9 Å². The number of fused-ring (bicyclic) bond motifs is 2. The third kappa shape index (κ3) is 3.24. The number of aryl methyl sites for hydroxylation is 3. The Morgan fingerprint density at radius 3 is 3.12 bits per heavy atom. The average Bonchev–Trinajstić information content (AvgIpc) is 3.18. The summed E-state index contributed by atoms with van der Waals surface area (Å²) >= 11 is 0. The summed E-state index contributed by atoms with van der Waals surface area (Å²) in [4.78, 5) is 16.5. The maximum atomic E-state index is 12.0. The molecule has 1 aliphatic rings. The van der Waals surface area contributed by atoms with Gasteiger partial charge >= 0.3 is 5.76 Å². The van der Waals surface area contributed by atoms with E-state index < -0.39 is 0 Å². The van der Waals surface area contributed by atoms with E-state index in [0.717, 1.165) is 55.9 Å². The molecule has 1 unspecified atom stereocenters. The van der Waals surface area contributed by atoms with E-state index in [9.17, 15) is 4.79 Å². The first-order valence-corrected chi connectivity index (χ1v) is 8.99. The number of oxazole rings is 1. The molecule has 3 aromatic rings. The Bertz CT molecular complexity index is 923. The molecule has 0 radical (unpaired) electrons. The third-order valence-corrected chi connectivity index (χ3v) is 4.78. The van der Waals surface area contributed by atoms with Gasteiger partial charge in [-0.2, -0.15) is 5.10 Å². The highest BCUT2D eigenvalue weighted by atomic mass is 16.4. The van der Waals surface area contributed by atoms with Gasteiger partial charge in [0.1, 0.15) is 5.82 Å². The largest absolute Gasteiger partial charge is 0.419 e.